The molecule has 0 saturated carbocycles. The van der Waals surface area contributed by atoms with Gasteiger partial charge < -0.3 is 10.2 Å². The van der Waals surface area contributed by atoms with E-state index in [4.69, 9.17) is 0 Å². The summed E-state index contributed by atoms with van der Waals surface area (Å²) in [5.74, 6) is 0.232. The van der Waals surface area contributed by atoms with Gasteiger partial charge in [-0.1, -0.05) is 6.07 Å². The van der Waals surface area contributed by atoms with Crippen molar-refractivity contribution >= 4 is 28.7 Å². The average molecular weight is 380 g/mol. The number of aliphatic imine (C=N–C) groups is 1. The molecule has 28 heavy (non-hydrogen) atoms. The smallest absolute Gasteiger partial charge is 0.237 e. The van der Waals surface area contributed by atoms with Crippen LogP contribution in [0.2, 0.25) is 0 Å². The highest BCUT2D eigenvalue weighted by Gasteiger charge is 2.30. The third-order valence-corrected chi connectivity index (χ3v) is 5.84. The molecule has 2 saturated heterocycles. The van der Waals surface area contributed by atoms with Crippen LogP contribution in [0.25, 0.3) is 10.9 Å². The number of fused-ring (bicyclic) bond motifs is 1. The van der Waals surface area contributed by atoms with Crippen molar-refractivity contribution in [2.75, 3.05) is 38.5 Å². The van der Waals surface area contributed by atoms with Gasteiger partial charge in [-0.05, 0) is 49.9 Å². The Morgan fingerprint density at radius 3 is 3.11 bits per heavy atom. The Balaban J connectivity index is 1.35. The fraction of sp³-hybridized carbons (Fsp3) is 0.500. The van der Waals surface area contributed by atoms with Gasteiger partial charge in [0.15, 0.2) is 0 Å². The molecule has 2 aliphatic rings. The Hall–Kier alpha value is -2.47. The minimum atomic E-state index is 0.184. The van der Waals surface area contributed by atoms with Crippen molar-refractivity contribution in [2.24, 2.45) is 4.99 Å². The summed E-state index contributed by atoms with van der Waals surface area (Å²) in [6.07, 6.45) is 6.91. The van der Waals surface area contributed by atoms with E-state index in [1.54, 1.807) is 7.05 Å². The predicted octanol–water partition coefficient (Wildman–Crippen LogP) is 2.72. The molecule has 6 heteroatoms. The summed E-state index contributed by atoms with van der Waals surface area (Å²) in [7, 11) is 1.78. The molecule has 6 nitrogen and oxygen atoms in total. The molecule has 0 radical (unpaired) electrons. The van der Waals surface area contributed by atoms with Crippen molar-refractivity contribution in [3.8, 4) is 0 Å². The number of pyridine rings is 1. The Bertz CT molecular complexity index is 880. The minimum absolute atomic E-state index is 0.184. The first-order valence-corrected chi connectivity index (χ1v) is 10.2. The molecule has 148 valence electrons. The number of rotatable bonds is 5. The number of aryl methyl sites for hydroxylation is 1. The number of anilines is 1. The van der Waals surface area contributed by atoms with Gasteiger partial charge in [0.25, 0.3) is 0 Å². The van der Waals surface area contributed by atoms with Gasteiger partial charge >= 0.3 is 0 Å². The highest BCUT2D eigenvalue weighted by molar-refractivity contribution is 5.85. The van der Waals surface area contributed by atoms with Crippen LogP contribution in [0.4, 0.5) is 5.69 Å². The molecule has 1 N–H and O–H groups in total. The summed E-state index contributed by atoms with van der Waals surface area (Å²) in [6, 6.07) is 8.97. The lowest BCUT2D eigenvalue weighted by molar-refractivity contribution is -0.131. The maximum absolute atomic E-state index is 12.7. The normalized spacial score (nSPS) is 23.1. The molecule has 0 bridgehead atoms. The SMILES string of the molecule is C/N=C\[C@@H]1CCCN1C(=O)CN1CC[C@@H](Nc2cc(C)c3ncccc3c2)C1. The standard InChI is InChI=1S/C22H29N5O/c1-16-11-19(12-17-5-3-8-24-22(16)17)25-18-7-10-26(14-18)15-21(28)27-9-4-6-20(27)13-23-2/h3,5,8,11-13,18,20,25H,4,6-7,9-10,14-15H2,1-2H3/b23-13-/t18-,20+/m1/s1. The molecule has 2 aromatic rings. The monoisotopic (exact) mass is 379 g/mol. The molecular formula is C22H29N5O. The first-order valence-electron chi connectivity index (χ1n) is 10.2. The van der Waals surface area contributed by atoms with Crippen molar-refractivity contribution in [3.63, 3.8) is 0 Å². The number of carbonyl (C=O) groups excluding carboxylic acids is 1. The lowest BCUT2D eigenvalue weighted by atomic mass is 10.1. The third-order valence-electron chi connectivity index (χ3n) is 5.84. The average Bonchev–Trinajstić information content (AvgIpc) is 3.32. The van der Waals surface area contributed by atoms with Crippen LogP contribution in [-0.4, -0.2) is 72.2 Å². The zero-order valence-corrected chi connectivity index (χ0v) is 16.8. The van der Waals surface area contributed by atoms with Crippen LogP contribution in [0.15, 0.2) is 35.5 Å². The largest absolute Gasteiger partial charge is 0.381 e. The van der Waals surface area contributed by atoms with Gasteiger partial charge in [0.05, 0.1) is 18.1 Å². The lowest BCUT2D eigenvalue weighted by Crippen LogP contribution is -2.43. The first kappa shape index (κ1) is 18.9. The maximum atomic E-state index is 12.7. The number of nitrogens with one attached hydrogen (secondary N) is 1. The second kappa shape index (κ2) is 8.27. The molecule has 0 unspecified atom stereocenters. The Labute approximate surface area is 166 Å². The minimum Gasteiger partial charge on any atom is -0.381 e. The van der Waals surface area contributed by atoms with Crippen molar-refractivity contribution in [3.05, 3.63) is 36.0 Å². The van der Waals surface area contributed by atoms with Crippen LogP contribution in [0.1, 0.15) is 24.8 Å². The summed E-state index contributed by atoms with van der Waals surface area (Å²) in [5.41, 5.74) is 3.38. The number of hydrogen-bond donors (Lipinski definition) is 1. The van der Waals surface area contributed by atoms with Gasteiger partial charge in [-0.3, -0.25) is 19.7 Å². The van der Waals surface area contributed by atoms with Crippen molar-refractivity contribution < 1.29 is 4.79 Å². The van der Waals surface area contributed by atoms with Crippen LogP contribution < -0.4 is 5.32 Å². The Morgan fingerprint density at radius 2 is 2.25 bits per heavy atom. The number of hydrogen-bond acceptors (Lipinski definition) is 5. The Morgan fingerprint density at radius 1 is 1.36 bits per heavy atom. The van der Waals surface area contributed by atoms with E-state index in [1.807, 2.05) is 23.4 Å². The van der Waals surface area contributed by atoms with Crippen molar-refractivity contribution in [2.45, 2.75) is 38.3 Å². The second-order valence-electron chi connectivity index (χ2n) is 7.94. The summed E-state index contributed by atoms with van der Waals surface area (Å²) in [5, 5.41) is 4.82. The summed E-state index contributed by atoms with van der Waals surface area (Å²) < 4.78 is 0. The molecule has 2 fully saturated rings. The number of benzene rings is 1. The molecule has 1 aromatic carbocycles. The summed E-state index contributed by atoms with van der Waals surface area (Å²) in [4.78, 5) is 25.6. The molecule has 2 aliphatic heterocycles. The second-order valence-corrected chi connectivity index (χ2v) is 7.94. The summed E-state index contributed by atoms with van der Waals surface area (Å²) >= 11 is 0. The number of nitrogens with zero attached hydrogens (tertiary/aromatic N) is 4. The molecule has 4 rings (SSSR count). The topological polar surface area (TPSA) is 60.8 Å². The van der Waals surface area contributed by atoms with E-state index in [2.05, 4.69) is 45.3 Å². The predicted molar refractivity (Wildman–Crippen MR) is 114 cm³/mol. The number of amides is 1. The Kier molecular flexibility index (Phi) is 5.57. The zero-order valence-electron chi connectivity index (χ0n) is 16.8. The van der Waals surface area contributed by atoms with Gasteiger partial charge in [-0.25, -0.2) is 0 Å². The van der Waals surface area contributed by atoms with Gasteiger partial charge in [0.1, 0.15) is 0 Å². The quantitative estimate of drug-likeness (QED) is 0.812. The van der Waals surface area contributed by atoms with E-state index < -0.39 is 0 Å². The number of likely N-dealkylation sites (tertiary alicyclic amines) is 2. The van der Waals surface area contributed by atoms with Crippen LogP contribution in [0, 0.1) is 6.92 Å². The van der Waals surface area contributed by atoms with Crippen LogP contribution in [-0.2, 0) is 4.79 Å². The van der Waals surface area contributed by atoms with Crippen LogP contribution in [0.5, 0.6) is 0 Å². The molecule has 1 amide bonds. The van der Waals surface area contributed by atoms with Gasteiger partial charge in [0, 0.05) is 56.2 Å². The molecule has 3 heterocycles. The van der Waals surface area contributed by atoms with Gasteiger partial charge in [0.2, 0.25) is 5.91 Å². The number of aromatic nitrogens is 1. The number of carbonyl (C=O) groups is 1. The molecular weight excluding hydrogens is 350 g/mol. The van der Waals surface area contributed by atoms with E-state index in [0.29, 0.717) is 12.6 Å². The van der Waals surface area contributed by atoms with E-state index in [9.17, 15) is 4.79 Å². The van der Waals surface area contributed by atoms with Crippen LogP contribution in [0.3, 0.4) is 0 Å². The summed E-state index contributed by atoms with van der Waals surface area (Å²) in [6.45, 7) is 5.32. The molecule has 1 aromatic heterocycles. The van der Waals surface area contributed by atoms with E-state index >= 15 is 0 Å². The van der Waals surface area contributed by atoms with E-state index in [1.165, 1.54) is 5.56 Å². The van der Waals surface area contributed by atoms with Gasteiger partial charge in [-0.15, -0.1) is 0 Å². The zero-order chi connectivity index (χ0) is 19.5. The van der Waals surface area contributed by atoms with E-state index in [0.717, 1.165) is 55.5 Å². The van der Waals surface area contributed by atoms with Crippen molar-refractivity contribution in [1.29, 1.82) is 0 Å². The highest BCUT2D eigenvalue weighted by atomic mass is 16.2. The third kappa shape index (κ3) is 4.02. The van der Waals surface area contributed by atoms with Gasteiger partial charge in [-0.2, -0.15) is 0 Å². The highest BCUT2D eigenvalue weighted by Crippen LogP contribution is 2.24. The van der Waals surface area contributed by atoms with Crippen molar-refractivity contribution in [1.82, 2.24) is 14.8 Å². The molecule has 2 atom stereocenters. The van der Waals surface area contributed by atoms with Crippen LogP contribution >= 0.6 is 0 Å². The lowest BCUT2D eigenvalue weighted by Gasteiger charge is -2.25. The maximum Gasteiger partial charge on any atom is 0.237 e. The fourth-order valence-electron chi connectivity index (χ4n) is 4.50. The van der Waals surface area contributed by atoms with E-state index in [-0.39, 0.29) is 11.9 Å². The molecule has 0 aliphatic carbocycles. The molecule has 0 spiro atoms. The fourth-order valence-corrected chi connectivity index (χ4v) is 4.50. The first-order chi connectivity index (χ1) is 13.6.